The van der Waals surface area contributed by atoms with Gasteiger partial charge in [0.05, 0.1) is 24.1 Å². The number of benzene rings is 2. The highest BCUT2D eigenvalue weighted by atomic mass is 35.5. The minimum atomic E-state index is -3.91. The molecule has 0 aromatic heterocycles. The summed E-state index contributed by atoms with van der Waals surface area (Å²) in [5.41, 5.74) is 0.825. The van der Waals surface area contributed by atoms with E-state index < -0.39 is 28.5 Å². The largest absolute Gasteiger partial charge is 0.497 e. The van der Waals surface area contributed by atoms with Gasteiger partial charge in [0.1, 0.15) is 18.3 Å². The molecule has 0 aliphatic carbocycles. The van der Waals surface area contributed by atoms with Crippen molar-refractivity contribution in [3.8, 4) is 5.75 Å². The third-order valence-electron chi connectivity index (χ3n) is 5.22. The molecule has 0 bridgehead atoms. The molecule has 0 fully saturated rings. The second-order valence-electron chi connectivity index (χ2n) is 8.55. The van der Waals surface area contributed by atoms with Crippen LogP contribution < -0.4 is 14.4 Å². The van der Waals surface area contributed by atoms with Crippen LogP contribution in [0.15, 0.2) is 42.5 Å². The van der Waals surface area contributed by atoms with Gasteiger partial charge in [-0.25, -0.2) is 8.42 Å². The number of carbonyl (C=O) groups is 2. The van der Waals surface area contributed by atoms with E-state index in [1.54, 1.807) is 38.3 Å². The van der Waals surface area contributed by atoms with E-state index in [9.17, 15) is 18.0 Å². The molecular formula is C24H31Cl2N3O5S. The maximum absolute atomic E-state index is 13.5. The van der Waals surface area contributed by atoms with E-state index in [-0.39, 0.29) is 34.1 Å². The Kier molecular flexibility index (Phi) is 10.2. The number of amides is 2. The Balaban J connectivity index is 2.40. The topological polar surface area (TPSA) is 96.0 Å². The predicted octanol–water partition coefficient (Wildman–Crippen LogP) is 3.96. The lowest BCUT2D eigenvalue weighted by Gasteiger charge is -2.32. The number of hydrogen-bond acceptors (Lipinski definition) is 5. The quantitative estimate of drug-likeness (QED) is 0.462. The van der Waals surface area contributed by atoms with Crippen LogP contribution in [0, 0.1) is 5.92 Å². The van der Waals surface area contributed by atoms with E-state index in [4.69, 9.17) is 27.9 Å². The Morgan fingerprint density at radius 1 is 1.06 bits per heavy atom. The summed E-state index contributed by atoms with van der Waals surface area (Å²) in [4.78, 5) is 27.7. The molecule has 1 N–H and O–H groups in total. The highest BCUT2D eigenvalue weighted by Crippen LogP contribution is 2.31. The van der Waals surface area contributed by atoms with Crippen LogP contribution in [-0.4, -0.2) is 57.6 Å². The molecule has 192 valence electrons. The smallest absolute Gasteiger partial charge is 0.244 e. The van der Waals surface area contributed by atoms with E-state index in [1.165, 1.54) is 23.1 Å². The van der Waals surface area contributed by atoms with Crippen LogP contribution in [0.3, 0.4) is 0 Å². The Hall–Kier alpha value is -2.49. The summed E-state index contributed by atoms with van der Waals surface area (Å²) >= 11 is 12.3. The van der Waals surface area contributed by atoms with Crippen molar-refractivity contribution in [1.29, 1.82) is 0 Å². The molecule has 2 aromatic carbocycles. The van der Waals surface area contributed by atoms with Gasteiger partial charge in [0.25, 0.3) is 0 Å². The molecule has 0 spiro atoms. The van der Waals surface area contributed by atoms with E-state index >= 15 is 0 Å². The molecule has 2 aromatic rings. The molecule has 2 amide bonds. The standard InChI is InChI=1S/C24H31Cl2N3O5S/c1-16(2)13-27-24(31)17(3)28(14-18-6-9-20(34-4)10-7-18)23(30)15-29(35(5,32)33)22-12-19(25)8-11-21(22)26/h6-12,16-17H,13-15H2,1-5H3,(H,27,31). The lowest BCUT2D eigenvalue weighted by molar-refractivity contribution is -0.139. The van der Waals surface area contributed by atoms with Crippen molar-refractivity contribution in [2.75, 3.05) is 30.8 Å². The van der Waals surface area contributed by atoms with Gasteiger partial charge in [-0.1, -0.05) is 49.2 Å². The van der Waals surface area contributed by atoms with Gasteiger partial charge in [0.2, 0.25) is 21.8 Å². The van der Waals surface area contributed by atoms with Crippen LogP contribution in [-0.2, 0) is 26.2 Å². The second kappa shape index (κ2) is 12.5. The third kappa shape index (κ3) is 8.30. The van der Waals surface area contributed by atoms with Crippen LogP contribution >= 0.6 is 23.2 Å². The van der Waals surface area contributed by atoms with Crippen molar-refractivity contribution in [1.82, 2.24) is 10.2 Å². The molecule has 0 aliphatic heterocycles. The second-order valence-corrected chi connectivity index (χ2v) is 11.3. The van der Waals surface area contributed by atoms with Gasteiger partial charge in [0, 0.05) is 18.1 Å². The van der Waals surface area contributed by atoms with Gasteiger partial charge in [-0.05, 0) is 48.7 Å². The van der Waals surface area contributed by atoms with Crippen LogP contribution in [0.1, 0.15) is 26.3 Å². The monoisotopic (exact) mass is 543 g/mol. The van der Waals surface area contributed by atoms with Gasteiger partial charge in [-0.2, -0.15) is 0 Å². The van der Waals surface area contributed by atoms with Gasteiger partial charge in [0.15, 0.2) is 0 Å². The number of nitrogens with zero attached hydrogens (tertiary/aromatic N) is 2. The summed E-state index contributed by atoms with van der Waals surface area (Å²) in [6, 6.07) is 10.5. The van der Waals surface area contributed by atoms with Crippen molar-refractivity contribution >= 4 is 50.7 Å². The molecule has 0 saturated carbocycles. The SMILES string of the molecule is COc1ccc(CN(C(=O)CN(c2cc(Cl)ccc2Cl)S(C)(=O)=O)C(C)C(=O)NCC(C)C)cc1. The van der Waals surface area contributed by atoms with E-state index in [0.717, 1.165) is 16.1 Å². The van der Waals surface area contributed by atoms with E-state index in [2.05, 4.69) is 5.32 Å². The fourth-order valence-corrected chi connectivity index (χ4v) is 4.52. The zero-order valence-corrected chi connectivity index (χ0v) is 22.7. The van der Waals surface area contributed by atoms with Crippen molar-refractivity contribution in [3.05, 3.63) is 58.1 Å². The Morgan fingerprint density at radius 2 is 1.69 bits per heavy atom. The first-order valence-electron chi connectivity index (χ1n) is 11.0. The molecule has 1 atom stereocenters. The number of rotatable bonds is 11. The molecule has 0 heterocycles. The first kappa shape index (κ1) is 28.7. The number of sulfonamides is 1. The maximum Gasteiger partial charge on any atom is 0.244 e. The summed E-state index contributed by atoms with van der Waals surface area (Å²) < 4.78 is 31.3. The number of ether oxygens (including phenoxy) is 1. The molecular weight excluding hydrogens is 513 g/mol. The number of nitrogens with one attached hydrogen (secondary N) is 1. The minimum Gasteiger partial charge on any atom is -0.497 e. The van der Waals surface area contributed by atoms with E-state index in [1.807, 2.05) is 13.8 Å². The Bertz CT molecular complexity index is 1140. The summed E-state index contributed by atoms with van der Waals surface area (Å²) in [5.74, 6) is -0.0440. The van der Waals surface area contributed by atoms with Gasteiger partial charge in [-0.15, -0.1) is 0 Å². The Labute approximate surface area is 217 Å². The summed E-state index contributed by atoms with van der Waals surface area (Å²) in [6.45, 7) is 5.50. The first-order valence-corrected chi connectivity index (χ1v) is 13.6. The number of methoxy groups -OCH3 is 1. The van der Waals surface area contributed by atoms with Crippen LogP contribution in [0.2, 0.25) is 10.0 Å². The fourth-order valence-electron chi connectivity index (χ4n) is 3.23. The molecule has 0 aliphatic rings. The first-order chi connectivity index (χ1) is 16.3. The number of anilines is 1. The van der Waals surface area contributed by atoms with Crippen molar-refractivity contribution in [2.45, 2.75) is 33.4 Å². The predicted molar refractivity (Wildman–Crippen MR) is 140 cm³/mol. The average Bonchev–Trinajstić information content (AvgIpc) is 2.80. The van der Waals surface area contributed by atoms with Crippen LogP contribution in [0.4, 0.5) is 5.69 Å². The van der Waals surface area contributed by atoms with Crippen molar-refractivity contribution in [3.63, 3.8) is 0 Å². The molecule has 35 heavy (non-hydrogen) atoms. The molecule has 0 radical (unpaired) electrons. The van der Waals surface area contributed by atoms with Crippen molar-refractivity contribution in [2.24, 2.45) is 5.92 Å². The molecule has 1 unspecified atom stereocenters. The molecule has 8 nitrogen and oxygen atoms in total. The van der Waals surface area contributed by atoms with Crippen molar-refractivity contribution < 1.29 is 22.7 Å². The minimum absolute atomic E-state index is 0.0799. The lowest BCUT2D eigenvalue weighted by Crippen LogP contribution is -2.51. The molecule has 2 rings (SSSR count). The zero-order valence-electron chi connectivity index (χ0n) is 20.4. The number of halogens is 2. The van der Waals surface area contributed by atoms with E-state index in [0.29, 0.717) is 12.3 Å². The number of carbonyl (C=O) groups excluding carboxylic acids is 2. The normalized spacial score (nSPS) is 12.2. The highest BCUT2D eigenvalue weighted by Gasteiger charge is 2.31. The van der Waals surface area contributed by atoms with Gasteiger partial charge in [-0.3, -0.25) is 13.9 Å². The summed E-state index contributed by atoms with van der Waals surface area (Å²) in [7, 11) is -2.36. The highest BCUT2D eigenvalue weighted by molar-refractivity contribution is 7.92. The zero-order chi connectivity index (χ0) is 26.3. The lowest BCUT2D eigenvalue weighted by atomic mass is 10.1. The number of hydrogen-bond donors (Lipinski definition) is 1. The molecule has 11 heteroatoms. The summed E-state index contributed by atoms with van der Waals surface area (Å²) in [5, 5.41) is 3.22. The maximum atomic E-state index is 13.5. The van der Waals surface area contributed by atoms with Gasteiger partial charge >= 0.3 is 0 Å². The van der Waals surface area contributed by atoms with Gasteiger partial charge < -0.3 is 15.0 Å². The summed E-state index contributed by atoms with van der Waals surface area (Å²) in [6.07, 6.45) is 0.976. The van der Waals surface area contributed by atoms with Crippen LogP contribution in [0.5, 0.6) is 5.75 Å². The average molecular weight is 545 g/mol. The fraction of sp³-hybridized carbons (Fsp3) is 0.417. The third-order valence-corrected chi connectivity index (χ3v) is 6.90. The Morgan fingerprint density at radius 3 is 2.23 bits per heavy atom. The molecule has 0 saturated heterocycles. The van der Waals surface area contributed by atoms with Crippen LogP contribution in [0.25, 0.3) is 0 Å².